The van der Waals surface area contributed by atoms with Crippen molar-refractivity contribution in [3.8, 4) is 0 Å². The van der Waals surface area contributed by atoms with E-state index in [9.17, 15) is 9.59 Å². The first-order chi connectivity index (χ1) is 12.9. The zero-order valence-corrected chi connectivity index (χ0v) is 17.5. The summed E-state index contributed by atoms with van der Waals surface area (Å²) in [6, 6.07) is 9.92. The summed E-state index contributed by atoms with van der Waals surface area (Å²) in [5.41, 5.74) is 0.714. The molecule has 146 valence electrons. The van der Waals surface area contributed by atoms with Crippen molar-refractivity contribution in [1.29, 1.82) is 0 Å². The smallest absolute Gasteiger partial charge is 0.312 e. The Morgan fingerprint density at radius 1 is 1.15 bits per heavy atom. The van der Waals surface area contributed by atoms with Gasteiger partial charge in [-0.25, -0.2) is 0 Å². The molecule has 0 aliphatic heterocycles. The largest absolute Gasteiger partial charge is 0.455 e. The molecule has 1 amide bonds. The van der Waals surface area contributed by atoms with Gasteiger partial charge in [0.1, 0.15) is 0 Å². The number of alkyl halides is 1. The van der Waals surface area contributed by atoms with Crippen LogP contribution in [0.1, 0.15) is 51.0 Å². The normalized spacial score (nSPS) is 33.7. The number of ether oxygens (including phenoxy) is 1. The lowest BCUT2D eigenvalue weighted by molar-refractivity contribution is -0.172. The third-order valence-corrected chi connectivity index (χ3v) is 7.63. The summed E-state index contributed by atoms with van der Waals surface area (Å²) in [5, 5.41) is 0. The van der Waals surface area contributed by atoms with Gasteiger partial charge in [-0.1, -0.05) is 46.3 Å². The molecule has 4 fully saturated rings. The Labute approximate surface area is 169 Å². The maximum Gasteiger partial charge on any atom is 0.312 e. The maximum absolute atomic E-state index is 13.0. The van der Waals surface area contributed by atoms with Crippen LogP contribution in [-0.4, -0.2) is 34.3 Å². The lowest BCUT2D eigenvalue weighted by Gasteiger charge is -2.58. The summed E-state index contributed by atoms with van der Waals surface area (Å²) in [5.74, 6) is 0.982. The number of amides is 1. The highest BCUT2D eigenvalue weighted by Crippen LogP contribution is 2.64. The third-order valence-electron chi connectivity index (χ3n) is 6.70. The molecule has 0 spiro atoms. The van der Waals surface area contributed by atoms with Crippen molar-refractivity contribution in [3.63, 3.8) is 0 Å². The number of rotatable bonds is 6. The molecule has 4 aliphatic rings. The number of esters is 1. The fourth-order valence-electron chi connectivity index (χ4n) is 5.94. The average molecular weight is 434 g/mol. The first-order valence-corrected chi connectivity index (χ1v) is 10.9. The van der Waals surface area contributed by atoms with E-state index in [-0.39, 0.29) is 28.2 Å². The second-order valence-electron chi connectivity index (χ2n) is 8.86. The highest BCUT2D eigenvalue weighted by atomic mass is 79.9. The van der Waals surface area contributed by atoms with Crippen LogP contribution >= 0.6 is 15.9 Å². The van der Waals surface area contributed by atoms with Gasteiger partial charge >= 0.3 is 5.97 Å². The van der Waals surface area contributed by atoms with E-state index in [4.69, 9.17) is 4.74 Å². The topological polar surface area (TPSA) is 46.6 Å². The van der Waals surface area contributed by atoms with Crippen LogP contribution in [0, 0.1) is 17.3 Å². The Balaban J connectivity index is 1.36. The molecule has 5 rings (SSSR count). The minimum atomic E-state index is -0.371. The summed E-state index contributed by atoms with van der Waals surface area (Å²) in [7, 11) is 0. The van der Waals surface area contributed by atoms with E-state index in [1.54, 1.807) is 4.90 Å². The number of hydrogen-bond donors (Lipinski definition) is 0. The average Bonchev–Trinajstić information content (AvgIpc) is 2.62. The van der Waals surface area contributed by atoms with Crippen LogP contribution in [-0.2, 0) is 20.9 Å². The molecule has 0 radical (unpaired) electrons. The lowest BCUT2D eigenvalue weighted by atomic mass is 9.49. The van der Waals surface area contributed by atoms with Crippen LogP contribution in [0.25, 0.3) is 0 Å². The molecular formula is C22H28BrNO3. The Morgan fingerprint density at radius 3 is 2.41 bits per heavy atom. The van der Waals surface area contributed by atoms with Gasteiger partial charge in [-0.2, -0.15) is 0 Å². The maximum atomic E-state index is 13.0. The SMILES string of the molecule is CCN(Cc1ccccc1)C(=O)COC(=O)C12CC3CC(CC(Br)(C3)C1)C2. The van der Waals surface area contributed by atoms with Crippen molar-refractivity contribution in [1.82, 2.24) is 4.90 Å². The van der Waals surface area contributed by atoms with Gasteiger partial charge < -0.3 is 9.64 Å². The van der Waals surface area contributed by atoms with E-state index < -0.39 is 0 Å². The second-order valence-corrected chi connectivity index (χ2v) is 10.5. The van der Waals surface area contributed by atoms with E-state index in [1.807, 2.05) is 37.3 Å². The molecule has 27 heavy (non-hydrogen) atoms. The lowest BCUT2D eigenvalue weighted by Crippen LogP contribution is -2.56. The predicted octanol–water partition coefficient (Wildman–Crippen LogP) is 4.31. The van der Waals surface area contributed by atoms with E-state index in [0.29, 0.717) is 24.9 Å². The number of carbonyl (C=O) groups excluding carboxylic acids is 2. The van der Waals surface area contributed by atoms with Crippen LogP contribution in [0.4, 0.5) is 0 Å². The minimum absolute atomic E-state index is 0.114. The molecule has 1 aromatic rings. The number of likely N-dealkylation sites (N-methyl/N-ethyl adjacent to an activating group) is 1. The Bertz CT molecular complexity index is 706. The summed E-state index contributed by atoms with van der Waals surface area (Å²) in [6.07, 6.45) is 6.34. The van der Waals surface area contributed by atoms with Crippen molar-refractivity contribution in [2.75, 3.05) is 13.2 Å². The number of carbonyl (C=O) groups is 2. The number of hydrogen-bond acceptors (Lipinski definition) is 3. The summed E-state index contributed by atoms with van der Waals surface area (Å²) >= 11 is 3.93. The molecule has 2 atom stereocenters. The van der Waals surface area contributed by atoms with Gasteiger partial charge in [-0.15, -0.1) is 0 Å². The highest BCUT2D eigenvalue weighted by Gasteiger charge is 2.60. The molecule has 0 N–H and O–H groups in total. The molecule has 4 saturated carbocycles. The van der Waals surface area contributed by atoms with Crippen LogP contribution in [0.15, 0.2) is 30.3 Å². The molecular weight excluding hydrogens is 406 g/mol. The van der Waals surface area contributed by atoms with Crippen LogP contribution in [0.5, 0.6) is 0 Å². The molecule has 0 aromatic heterocycles. The monoisotopic (exact) mass is 433 g/mol. The van der Waals surface area contributed by atoms with Crippen molar-refractivity contribution in [2.24, 2.45) is 17.3 Å². The first-order valence-electron chi connectivity index (χ1n) is 10.1. The standard InChI is InChI=1S/C22H28BrNO3/c1-2-24(13-16-6-4-3-5-7-16)19(25)14-27-20(26)21-9-17-8-18(10-21)12-22(23,11-17)15-21/h3-7,17-18H,2,8-15H2,1H3. The van der Waals surface area contributed by atoms with Gasteiger partial charge in [0.25, 0.3) is 5.91 Å². The summed E-state index contributed by atoms with van der Waals surface area (Å²) in [4.78, 5) is 27.4. The van der Waals surface area contributed by atoms with E-state index >= 15 is 0 Å². The van der Waals surface area contributed by atoms with Crippen molar-refractivity contribution in [2.45, 2.75) is 56.3 Å². The number of halogens is 1. The van der Waals surface area contributed by atoms with E-state index in [1.165, 1.54) is 19.3 Å². The fourth-order valence-corrected chi connectivity index (χ4v) is 7.39. The van der Waals surface area contributed by atoms with Crippen LogP contribution < -0.4 is 0 Å². The van der Waals surface area contributed by atoms with Crippen LogP contribution in [0.2, 0.25) is 0 Å². The molecule has 2 unspecified atom stereocenters. The van der Waals surface area contributed by atoms with Gasteiger partial charge in [0.15, 0.2) is 6.61 Å². The fraction of sp³-hybridized carbons (Fsp3) is 0.636. The molecule has 1 aromatic carbocycles. The van der Waals surface area contributed by atoms with Gasteiger partial charge in [0, 0.05) is 17.4 Å². The Hall–Kier alpha value is -1.36. The van der Waals surface area contributed by atoms with Crippen LogP contribution in [0.3, 0.4) is 0 Å². The third kappa shape index (κ3) is 3.80. The molecule has 0 saturated heterocycles. The molecule has 4 aliphatic carbocycles. The zero-order valence-electron chi connectivity index (χ0n) is 16.0. The number of benzene rings is 1. The van der Waals surface area contributed by atoms with E-state index in [0.717, 1.165) is 24.8 Å². The van der Waals surface area contributed by atoms with Crippen molar-refractivity contribution in [3.05, 3.63) is 35.9 Å². The van der Waals surface area contributed by atoms with Gasteiger partial charge in [-0.05, 0) is 62.8 Å². The highest BCUT2D eigenvalue weighted by molar-refractivity contribution is 9.10. The molecule has 0 heterocycles. The van der Waals surface area contributed by atoms with Gasteiger partial charge in [0.2, 0.25) is 0 Å². The van der Waals surface area contributed by atoms with Gasteiger partial charge in [-0.3, -0.25) is 9.59 Å². The zero-order chi connectivity index (χ0) is 19.1. The quantitative estimate of drug-likeness (QED) is 0.495. The Morgan fingerprint density at radius 2 is 1.81 bits per heavy atom. The molecule has 4 nitrogen and oxygen atoms in total. The first kappa shape index (κ1) is 19.0. The number of nitrogens with zero attached hydrogens (tertiary/aromatic N) is 1. The Kier molecular flexibility index (Phi) is 5.08. The van der Waals surface area contributed by atoms with E-state index in [2.05, 4.69) is 15.9 Å². The molecule has 5 heteroatoms. The minimum Gasteiger partial charge on any atom is -0.455 e. The van der Waals surface area contributed by atoms with Crippen molar-refractivity contribution < 1.29 is 14.3 Å². The van der Waals surface area contributed by atoms with Crippen molar-refractivity contribution >= 4 is 27.8 Å². The predicted molar refractivity (Wildman–Crippen MR) is 107 cm³/mol. The summed E-state index contributed by atoms with van der Waals surface area (Å²) < 4.78 is 5.72. The second kappa shape index (κ2) is 7.23. The molecule has 4 bridgehead atoms. The van der Waals surface area contributed by atoms with Gasteiger partial charge in [0.05, 0.1) is 5.41 Å². The summed E-state index contributed by atoms with van der Waals surface area (Å²) in [6.45, 7) is 2.96.